The van der Waals surface area contributed by atoms with E-state index in [1.807, 2.05) is 29.6 Å². The molecule has 0 atom stereocenters. The Morgan fingerprint density at radius 2 is 1.78 bits per heavy atom. The third-order valence-electron chi connectivity index (χ3n) is 4.57. The number of aromatic nitrogens is 3. The van der Waals surface area contributed by atoms with Crippen LogP contribution in [0.15, 0.2) is 47.9 Å². The molecule has 0 aliphatic carbocycles. The summed E-state index contributed by atoms with van der Waals surface area (Å²) < 4.78 is 17.7. The molecular weight excluding hydrogens is 452 g/mol. The molecule has 0 unspecified atom stereocenters. The summed E-state index contributed by atoms with van der Waals surface area (Å²) in [7, 11) is 4.60. The van der Waals surface area contributed by atoms with Gasteiger partial charge in [-0.05, 0) is 35.9 Å². The molecule has 0 bridgehead atoms. The first-order valence-electron chi connectivity index (χ1n) is 9.41. The number of hydrogen-bond donors (Lipinski definition) is 1. The molecule has 0 saturated carbocycles. The van der Waals surface area contributed by atoms with E-state index in [2.05, 4.69) is 15.4 Å². The van der Waals surface area contributed by atoms with Crippen molar-refractivity contribution in [2.45, 2.75) is 0 Å². The van der Waals surface area contributed by atoms with Gasteiger partial charge in [0.1, 0.15) is 0 Å². The highest BCUT2D eigenvalue weighted by atomic mass is 35.5. The maximum absolute atomic E-state index is 12.4. The van der Waals surface area contributed by atoms with Crippen LogP contribution in [0.5, 0.6) is 17.2 Å². The topological polar surface area (TPSA) is 87.0 Å². The summed E-state index contributed by atoms with van der Waals surface area (Å²) in [5.41, 5.74) is 2.52. The van der Waals surface area contributed by atoms with Crippen molar-refractivity contribution in [1.29, 1.82) is 0 Å². The fraction of sp³-hybridized carbons (Fsp3) is 0.136. The van der Waals surface area contributed by atoms with Gasteiger partial charge in [0, 0.05) is 22.0 Å². The van der Waals surface area contributed by atoms with Crippen LogP contribution in [0.4, 0.5) is 5.95 Å². The zero-order chi connectivity index (χ0) is 22.7. The molecule has 4 rings (SSSR count). The lowest BCUT2D eigenvalue weighted by Gasteiger charge is -2.12. The fourth-order valence-electron chi connectivity index (χ4n) is 3.07. The molecule has 0 fully saturated rings. The molecule has 0 aliphatic heterocycles. The van der Waals surface area contributed by atoms with Crippen LogP contribution in [0.2, 0.25) is 5.02 Å². The number of methoxy groups -OCH3 is 3. The number of carbonyl (C=O) groups is 1. The van der Waals surface area contributed by atoms with Crippen molar-refractivity contribution in [3.8, 4) is 28.5 Å². The number of carbonyl (C=O) groups excluding carboxylic acids is 1. The van der Waals surface area contributed by atoms with Crippen molar-refractivity contribution in [2.24, 2.45) is 0 Å². The van der Waals surface area contributed by atoms with E-state index >= 15 is 0 Å². The van der Waals surface area contributed by atoms with Gasteiger partial charge in [0.2, 0.25) is 10.7 Å². The molecule has 164 valence electrons. The van der Waals surface area contributed by atoms with Crippen molar-refractivity contribution < 1.29 is 19.0 Å². The number of hydrogen-bond acceptors (Lipinski definition) is 7. The second-order valence-corrected chi connectivity index (χ2v) is 7.81. The van der Waals surface area contributed by atoms with E-state index < -0.39 is 0 Å². The number of thiazole rings is 1. The van der Waals surface area contributed by atoms with Gasteiger partial charge in [-0.3, -0.25) is 10.1 Å². The smallest absolute Gasteiger partial charge is 0.250 e. The number of nitrogens with zero attached hydrogens (tertiary/aromatic N) is 3. The number of rotatable bonds is 7. The van der Waals surface area contributed by atoms with Gasteiger partial charge in [-0.2, -0.15) is 4.98 Å². The van der Waals surface area contributed by atoms with Crippen molar-refractivity contribution in [3.05, 3.63) is 58.4 Å². The van der Waals surface area contributed by atoms with Crippen LogP contribution in [-0.2, 0) is 4.79 Å². The van der Waals surface area contributed by atoms with Crippen LogP contribution in [0.1, 0.15) is 5.56 Å². The van der Waals surface area contributed by atoms with Crippen LogP contribution in [0.25, 0.3) is 22.3 Å². The number of halogens is 1. The number of nitrogens with one attached hydrogen (secondary N) is 1. The highest BCUT2D eigenvalue weighted by Crippen LogP contribution is 2.38. The molecule has 0 saturated heterocycles. The van der Waals surface area contributed by atoms with E-state index in [4.69, 9.17) is 25.8 Å². The quantitative estimate of drug-likeness (QED) is 0.391. The summed E-state index contributed by atoms with van der Waals surface area (Å²) in [4.78, 5) is 17.5. The standard InChI is InChI=1S/C22H19ClN4O4S/c1-29-17-10-13(11-18(30-2)20(17)31-3)4-9-19(28)24-21-25-22-27(26-21)16(12-32-22)14-5-7-15(23)8-6-14/h4-12H,1-3H3,(H,24,26,28)/b9-4+. The van der Waals surface area contributed by atoms with Gasteiger partial charge in [-0.15, -0.1) is 16.4 Å². The molecule has 2 heterocycles. The average Bonchev–Trinajstić information content (AvgIpc) is 3.37. The lowest BCUT2D eigenvalue weighted by molar-refractivity contribution is -0.111. The lowest BCUT2D eigenvalue weighted by atomic mass is 10.1. The molecule has 32 heavy (non-hydrogen) atoms. The van der Waals surface area contributed by atoms with Gasteiger partial charge in [0.15, 0.2) is 11.5 Å². The normalized spacial score (nSPS) is 11.1. The molecule has 1 amide bonds. The molecule has 2 aromatic carbocycles. The first-order valence-corrected chi connectivity index (χ1v) is 10.7. The van der Waals surface area contributed by atoms with Crippen LogP contribution in [-0.4, -0.2) is 41.8 Å². The summed E-state index contributed by atoms with van der Waals surface area (Å²) in [6.45, 7) is 0. The third kappa shape index (κ3) is 4.39. The second-order valence-electron chi connectivity index (χ2n) is 6.54. The molecule has 10 heteroatoms. The average molecular weight is 471 g/mol. The zero-order valence-electron chi connectivity index (χ0n) is 17.5. The summed E-state index contributed by atoms with van der Waals surface area (Å²) >= 11 is 7.40. The van der Waals surface area contributed by atoms with Gasteiger partial charge in [-0.1, -0.05) is 23.7 Å². The Balaban J connectivity index is 1.52. The monoisotopic (exact) mass is 470 g/mol. The van der Waals surface area contributed by atoms with Gasteiger partial charge < -0.3 is 14.2 Å². The molecule has 4 aromatic rings. The summed E-state index contributed by atoms with van der Waals surface area (Å²) in [5.74, 6) is 1.32. The maximum Gasteiger partial charge on any atom is 0.250 e. The van der Waals surface area contributed by atoms with Crippen LogP contribution in [0.3, 0.4) is 0 Å². The minimum Gasteiger partial charge on any atom is -0.493 e. The molecule has 8 nitrogen and oxygen atoms in total. The van der Waals surface area contributed by atoms with Crippen LogP contribution < -0.4 is 19.5 Å². The number of ether oxygens (including phenoxy) is 3. The minimum atomic E-state index is -0.370. The molecular formula is C22H19ClN4O4S. The maximum atomic E-state index is 12.4. The van der Waals surface area contributed by atoms with E-state index in [1.54, 1.807) is 22.7 Å². The highest BCUT2D eigenvalue weighted by molar-refractivity contribution is 7.15. The molecule has 0 radical (unpaired) electrons. The Bertz CT molecular complexity index is 1270. The Labute approximate surface area is 193 Å². The van der Waals surface area contributed by atoms with Crippen molar-refractivity contribution in [3.63, 3.8) is 0 Å². The predicted molar refractivity (Wildman–Crippen MR) is 125 cm³/mol. The number of anilines is 1. The van der Waals surface area contributed by atoms with Crippen molar-refractivity contribution in [1.82, 2.24) is 14.6 Å². The van der Waals surface area contributed by atoms with E-state index in [9.17, 15) is 4.79 Å². The zero-order valence-corrected chi connectivity index (χ0v) is 19.0. The SMILES string of the molecule is COc1cc(/C=C/C(=O)Nc2nc3scc(-c4ccc(Cl)cc4)n3n2)cc(OC)c1OC. The molecule has 0 spiro atoms. The summed E-state index contributed by atoms with van der Waals surface area (Å²) in [5, 5.41) is 9.70. The Morgan fingerprint density at radius 1 is 1.09 bits per heavy atom. The molecule has 0 aliphatic rings. The Hall–Kier alpha value is -3.56. The lowest BCUT2D eigenvalue weighted by Crippen LogP contribution is -2.09. The van der Waals surface area contributed by atoms with Gasteiger partial charge in [0.05, 0.1) is 27.0 Å². The van der Waals surface area contributed by atoms with Crippen molar-refractivity contribution in [2.75, 3.05) is 26.6 Å². The summed E-state index contributed by atoms with van der Waals surface area (Å²) in [6.07, 6.45) is 3.02. The molecule has 2 aromatic heterocycles. The largest absolute Gasteiger partial charge is 0.493 e. The third-order valence-corrected chi connectivity index (χ3v) is 5.64. The Morgan fingerprint density at radius 3 is 2.41 bits per heavy atom. The summed E-state index contributed by atoms with van der Waals surface area (Å²) in [6, 6.07) is 10.9. The first-order chi connectivity index (χ1) is 15.5. The van der Waals surface area contributed by atoms with Crippen LogP contribution >= 0.6 is 22.9 Å². The second kappa shape index (κ2) is 9.29. The van der Waals surface area contributed by atoms with Gasteiger partial charge in [0.25, 0.3) is 11.9 Å². The first kappa shape index (κ1) is 21.7. The van der Waals surface area contributed by atoms with E-state index in [1.165, 1.54) is 38.7 Å². The van der Waals surface area contributed by atoms with Gasteiger partial charge >= 0.3 is 0 Å². The highest BCUT2D eigenvalue weighted by Gasteiger charge is 2.14. The van der Waals surface area contributed by atoms with E-state index in [0.29, 0.717) is 32.8 Å². The number of fused-ring (bicyclic) bond motifs is 1. The van der Waals surface area contributed by atoms with Crippen molar-refractivity contribution >= 4 is 45.8 Å². The van der Waals surface area contributed by atoms with Gasteiger partial charge in [-0.25, -0.2) is 4.52 Å². The van der Waals surface area contributed by atoms with E-state index in [-0.39, 0.29) is 11.9 Å². The molecule has 1 N–H and O–H groups in total. The van der Waals surface area contributed by atoms with E-state index in [0.717, 1.165) is 11.3 Å². The number of benzene rings is 2. The number of amides is 1. The minimum absolute atomic E-state index is 0.214. The predicted octanol–water partition coefficient (Wildman–Crippen LogP) is 4.79. The fourth-order valence-corrected chi connectivity index (χ4v) is 4.03. The Kier molecular flexibility index (Phi) is 6.29. The van der Waals surface area contributed by atoms with Crippen LogP contribution in [0, 0.1) is 0 Å².